The molecule has 0 radical (unpaired) electrons. The first-order chi connectivity index (χ1) is 12.3. The van der Waals surface area contributed by atoms with Crippen LogP contribution in [0.4, 0.5) is 0 Å². The third-order valence-corrected chi connectivity index (χ3v) is 6.34. The van der Waals surface area contributed by atoms with Gasteiger partial charge in [-0.15, -0.1) is 0 Å². The zero-order valence-corrected chi connectivity index (χ0v) is 16.7. The number of nitrogens with one attached hydrogen (secondary N) is 2. The summed E-state index contributed by atoms with van der Waals surface area (Å²) in [7, 11) is -2.34. The van der Waals surface area contributed by atoms with E-state index in [9.17, 15) is 13.2 Å². The maximum Gasteiger partial charge on any atom is 0.251 e. The molecule has 1 fully saturated rings. The van der Waals surface area contributed by atoms with Crippen LogP contribution < -0.4 is 14.8 Å². The Morgan fingerprint density at radius 3 is 2.58 bits per heavy atom. The minimum Gasteiger partial charge on any atom is -0.495 e. The molecular formula is C19H30N2O4S. The van der Waals surface area contributed by atoms with Crippen molar-refractivity contribution in [1.29, 1.82) is 0 Å². The van der Waals surface area contributed by atoms with E-state index >= 15 is 0 Å². The lowest BCUT2D eigenvalue weighted by molar-refractivity contribution is 0.0952. The number of carbonyl (C=O) groups excluding carboxylic acids is 1. The molecule has 26 heavy (non-hydrogen) atoms. The fourth-order valence-electron chi connectivity index (χ4n) is 3.40. The summed E-state index contributed by atoms with van der Waals surface area (Å²) in [6, 6.07) is 4.22. The summed E-state index contributed by atoms with van der Waals surface area (Å²) in [5.74, 6) is 0.753. The summed E-state index contributed by atoms with van der Waals surface area (Å²) in [5.41, 5.74) is 0.316. The molecule has 0 aromatic heterocycles. The van der Waals surface area contributed by atoms with Crippen molar-refractivity contribution in [3.63, 3.8) is 0 Å². The van der Waals surface area contributed by atoms with E-state index in [1.807, 2.05) is 0 Å². The Morgan fingerprint density at radius 1 is 1.27 bits per heavy atom. The number of hydrogen-bond acceptors (Lipinski definition) is 4. The molecule has 0 saturated heterocycles. The van der Waals surface area contributed by atoms with Crippen LogP contribution in [0.5, 0.6) is 5.75 Å². The van der Waals surface area contributed by atoms with E-state index in [4.69, 9.17) is 4.74 Å². The minimum atomic E-state index is -3.75. The monoisotopic (exact) mass is 382 g/mol. The number of hydrogen-bond donors (Lipinski definition) is 2. The first kappa shape index (κ1) is 20.7. The molecule has 1 aromatic carbocycles. The van der Waals surface area contributed by atoms with Crippen LogP contribution >= 0.6 is 0 Å². The molecule has 7 heteroatoms. The van der Waals surface area contributed by atoms with Crippen molar-refractivity contribution < 1.29 is 17.9 Å². The normalized spacial score (nSPS) is 15.4. The standard InChI is InChI=1S/C19H30N2O4S/c1-14(2)21-26(23,24)18-13-16(10-11-17(18)25-3)19(22)20-12-6-9-15-7-4-5-8-15/h10-11,13-15,21H,4-9,12H2,1-3H3,(H,20,22). The second kappa shape index (κ2) is 9.37. The van der Waals surface area contributed by atoms with Gasteiger partial charge in [-0.3, -0.25) is 4.79 Å². The lowest BCUT2D eigenvalue weighted by Crippen LogP contribution is -2.31. The van der Waals surface area contributed by atoms with Gasteiger partial charge in [-0.2, -0.15) is 0 Å². The van der Waals surface area contributed by atoms with Crippen LogP contribution in [0.15, 0.2) is 23.1 Å². The molecule has 2 N–H and O–H groups in total. The molecule has 1 aliphatic rings. The van der Waals surface area contributed by atoms with Gasteiger partial charge in [0.25, 0.3) is 5.91 Å². The molecule has 146 valence electrons. The molecule has 0 unspecified atom stereocenters. The Balaban J connectivity index is 2.01. The molecule has 1 saturated carbocycles. The van der Waals surface area contributed by atoms with Gasteiger partial charge in [0.1, 0.15) is 10.6 Å². The third-order valence-electron chi connectivity index (χ3n) is 4.66. The SMILES string of the molecule is COc1ccc(C(=O)NCCCC2CCCC2)cc1S(=O)(=O)NC(C)C. The van der Waals surface area contributed by atoms with Gasteiger partial charge >= 0.3 is 0 Å². The molecule has 0 aliphatic heterocycles. The lowest BCUT2D eigenvalue weighted by Gasteiger charge is -2.14. The van der Waals surface area contributed by atoms with Crippen molar-refractivity contribution in [1.82, 2.24) is 10.0 Å². The van der Waals surface area contributed by atoms with Crippen molar-refractivity contribution >= 4 is 15.9 Å². The van der Waals surface area contributed by atoms with E-state index in [0.29, 0.717) is 12.1 Å². The largest absolute Gasteiger partial charge is 0.495 e. The highest BCUT2D eigenvalue weighted by Gasteiger charge is 2.22. The molecule has 2 rings (SSSR count). The van der Waals surface area contributed by atoms with E-state index in [-0.39, 0.29) is 22.6 Å². The number of carbonyl (C=O) groups is 1. The first-order valence-electron chi connectivity index (χ1n) is 9.32. The molecule has 1 amide bonds. The van der Waals surface area contributed by atoms with Gasteiger partial charge in [0.15, 0.2) is 0 Å². The van der Waals surface area contributed by atoms with Gasteiger partial charge in [-0.25, -0.2) is 13.1 Å². The predicted molar refractivity (Wildman–Crippen MR) is 102 cm³/mol. The summed E-state index contributed by atoms with van der Waals surface area (Å²) < 4.78 is 32.6. The molecule has 6 nitrogen and oxygen atoms in total. The quantitative estimate of drug-likeness (QED) is 0.643. The smallest absolute Gasteiger partial charge is 0.251 e. The zero-order valence-electron chi connectivity index (χ0n) is 15.9. The Kier molecular flexibility index (Phi) is 7.46. The molecule has 0 heterocycles. The second-order valence-electron chi connectivity index (χ2n) is 7.19. The molecule has 0 bridgehead atoms. The van der Waals surface area contributed by atoms with Crippen LogP contribution in [0.2, 0.25) is 0 Å². The summed E-state index contributed by atoms with van der Waals surface area (Å²) in [6.07, 6.45) is 7.34. The Labute approximate surface area is 156 Å². The average molecular weight is 383 g/mol. The summed E-state index contributed by atoms with van der Waals surface area (Å²) in [5, 5.41) is 2.88. The van der Waals surface area contributed by atoms with Crippen LogP contribution in [-0.4, -0.2) is 34.0 Å². The number of sulfonamides is 1. The topological polar surface area (TPSA) is 84.5 Å². The minimum absolute atomic E-state index is 0.0210. The number of rotatable bonds is 9. The fourth-order valence-corrected chi connectivity index (χ4v) is 4.84. The highest BCUT2D eigenvalue weighted by molar-refractivity contribution is 7.89. The van der Waals surface area contributed by atoms with Gasteiger partial charge in [0.05, 0.1) is 7.11 Å². The van der Waals surface area contributed by atoms with E-state index in [0.717, 1.165) is 18.8 Å². The number of amides is 1. The highest BCUT2D eigenvalue weighted by Crippen LogP contribution is 2.28. The van der Waals surface area contributed by atoms with E-state index in [1.165, 1.54) is 44.9 Å². The fraction of sp³-hybridized carbons (Fsp3) is 0.632. The lowest BCUT2D eigenvalue weighted by atomic mass is 10.0. The number of ether oxygens (including phenoxy) is 1. The second-order valence-corrected chi connectivity index (χ2v) is 8.87. The third kappa shape index (κ3) is 5.71. The first-order valence-corrected chi connectivity index (χ1v) is 10.8. The van der Waals surface area contributed by atoms with Gasteiger partial charge in [-0.1, -0.05) is 25.7 Å². The van der Waals surface area contributed by atoms with Gasteiger partial charge in [0.2, 0.25) is 10.0 Å². The van der Waals surface area contributed by atoms with Crippen LogP contribution in [0.25, 0.3) is 0 Å². The average Bonchev–Trinajstić information content (AvgIpc) is 3.10. The van der Waals surface area contributed by atoms with Crippen molar-refractivity contribution in [2.75, 3.05) is 13.7 Å². The van der Waals surface area contributed by atoms with Gasteiger partial charge in [0, 0.05) is 18.2 Å². The maximum absolute atomic E-state index is 12.5. The summed E-state index contributed by atoms with van der Waals surface area (Å²) >= 11 is 0. The van der Waals surface area contributed by atoms with E-state index in [1.54, 1.807) is 19.9 Å². The van der Waals surface area contributed by atoms with Crippen molar-refractivity contribution in [3.05, 3.63) is 23.8 Å². The van der Waals surface area contributed by atoms with E-state index < -0.39 is 10.0 Å². The van der Waals surface area contributed by atoms with Crippen LogP contribution in [0.1, 0.15) is 62.7 Å². The van der Waals surface area contributed by atoms with E-state index in [2.05, 4.69) is 10.0 Å². The van der Waals surface area contributed by atoms with Gasteiger partial charge < -0.3 is 10.1 Å². The summed E-state index contributed by atoms with van der Waals surface area (Å²) in [4.78, 5) is 12.4. The Morgan fingerprint density at radius 2 is 1.96 bits per heavy atom. The number of benzene rings is 1. The van der Waals surface area contributed by atoms with Gasteiger partial charge in [-0.05, 0) is 50.8 Å². The molecular weight excluding hydrogens is 352 g/mol. The van der Waals surface area contributed by atoms with Crippen molar-refractivity contribution in [2.24, 2.45) is 5.92 Å². The zero-order chi connectivity index (χ0) is 19.2. The number of methoxy groups -OCH3 is 1. The van der Waals surface area contributed by atoms with Crippen molar-refractivity contribution in [2.45, 2.75) is 63.3 Å². The molecule has 1 aromatic rings. The van der Waals surface area contributed by atoms with Crippen LogP contribution in [0, 0.1) is 5.92 Å². The van der Waals surface area contributed by atoms with Crippen molar-refractivity contribution in [3.8, 4) is 5.75 Å². The van der Waals surface area contributed by atoms with Crippen LogP contribution in [0.3, 0.4) is 0 Å². The van der Waals surface area contributed by atoms with Crippen LogP contribution in [-0.2, 0) is 10.0 Å². The molecule has 1 aliphatic carbocycles. The Hall–Kier alpha value is -1.60. The summed E-state index contributed by atoms with van der Waals surface area (Å²) in [6.45, 7) is 4.09. The molecule has 0 atom stereocenters. The molecule has 0 spiro atoms. The maximum atomic E-state index is 12.5. The predicted octanol–water partition coefficient (Wildman–Crippen LogP) is 3.08. The Bertz CT molecular complexity index is 710. The highest BCUT2D eigenvalue weighted by atomic mass is 32.2.